The van der Waals surface area contributed by atoms with Crippen molar-refractivity contribution in [2.45, 2.75) is 6.92 Å². The van der Waals surface area contributed by atoms with Gasteiger partial charge in [-0.05, 0) is 19.1 Å². The summed E-state index contributed by atoms with van der Waals surface area (Å²) in [6.07, 6.45) is 1.74. The molecule has 0 aliphatic rings. The van der Waals surface area contributed by atoms with Crippen molar-refractivity contribution in [3.8, 4) is 5.69 Å². The van der Waals surface area contributed by atoms with Crippen LogP contribution in [-0.2, 0) is 0 Å². The van der Waals surface area contributed by atoms with Gasteiger partial charge < -0.3 is 5.73 Å². The molecule has 84 valence electrons. The second-order valence-corrected chi connectivity index (χ2v) is 3.79. The van der Waals surface area contributed by atoms with Crippen molar-refractivity contribution in [1.29, 1.82) is 0 Å². The van der Waals surface area contributed by atoms with Gasteiger partial charge in [0.1, 0.15) is 11.8 Å². The molecule has 0 fully saturated rings. The Morgan fingerprint density at radius 2 is 1.88 bits per heavy atom. The Hall–Kier alpha value is -2.43. The Balaban J connectivity index is 2.32. The fraction of sp³-hybridized carbons (Fsp3) is 0.0833. The quantitative estimate of drug-likeness (QED) is 0.684. The minimum absolute atomic E-state index is 0.271. The van der Waals surface area contributed by atoms with E-state index in [4.69, 9.17) is 5.73 Å². The van der Waals surface area contributed by atoms with Crippen molar-refractivity contribution in [3.05, 3.63) is 42.4 Å². The summed E-state index contributed by atoms with van der Waals surface area (Å²) in [5, 5.41) is 0. The molecule has 5 heteroatoms. The molecule has 0 amide bonds. The van der Waals surface area contributed by atoms with Crippen LogP contribution in [0.4, 0.5) is 5.95 Å². The van der Waals surface area contributed by atoms with Crippen molar-refractivity contribution in [3.63, 3.8) is 0 Å². The van der Waals surface area contributed by atoms with Gasteiger partial charge in [0.25, 0.3) is 0 Å². The first kappa shape index (κ1) is 9.77. The third kappa shape index (κ3) is 1.52. The van der Waals surface area contributed by atoms with Crippen LogP contribution < -0.4 is 5.73 Å². The first-order valence-electron chi connectivity index (χ1n) is 5.28. The van der Waals surface area contributed by atoms with E-state index in [-0.39, 0.29) is 5.95 Å². The minimum Gasteiger partial charge on any atom is -0.368 e. The summed E-state index contributed by atoms with van der Waals surface area (Å²) < 4.78 is 1.90. The van der Waals surface area contributed by atoms with Crippen LogP contribution in [0.2, 0.25) is 0 Å². The Morgan fingerprint density at radius 3 is 2.65 bits per heavy atom. The number of benzene rings is 1. The van der Waals surface area contributed by atoms with Gasteiger partial charge in [-0.15, -0.1) is 0 Å². The zero-order valence-corrected chi connectivity index (χ0v) is 9.33. The lowest BCUT2D eigenvalue weighted by Gasteiger charge is -2.03. The van der Waals surface area contributed by atoms with Crippen molar-refractivity contribution in [2.24, 2.45) is 0 Å². The van der Waals surface area contributed by atoms with Crippen LogP contribution in [0.15, 0.2) is 36.7 Å². The molecule has 0 unspecified atom stereocenters. The lowest BCUT2D eigenvalue weighted by molar-refractivity contribution is 1.06. The van der Waals surface area contributed by atoms with Gasteiger partial charge in [-0.25, -0.2) is 9.97 Å². The summed E-state index contributed by atoms with van der Waals surface area (Å²) in [5.41, 5.74) is 8.99. The number of rotatable bonds is 1. The first-order valence-corrected chi connectivity index (χ1v) is 5.28. The highest BCUT2D eigenvalue weighted by Gasteiger charge is 2.09. The Bertz CT molecular complexity index is 672. The minimum atomic E-state index is 0.271. The number of nitrogen functional groups attached to an aromatic ring is 1. The van der Waals surface area contributed by atoms with Crippen LogP contribution in [-0.4, -0.2) is 19.5 Å². The van der Waals surface area contributed by atoms with Crippen LogP contribution in [0.1, 0.15) is 5.69 Å². The van der Waals surface area contributed by atoms with Gasteiger partial charge in [-0.3, -0.25) is 4.57 Å². The van der Waals surface area contributed by atoms with Crippen molar-refractivity contribution < 1.29 is 0 Å². The number of para-hydroxylation sites is 1. The number of aryl methyl sites for hydroxylation is 1. The number of imidazole rings is 1. The van der Waals surface area contributed by atoms with Gasteiger partial charge in [-0.1, -0.05) is 18.2 Å². The largest absolute Gasteiger partial charge is 0.368 e. The van der Waals surface area contributed by atoms with E-state index in [1.54, 1.807) is 6.33 Å². The highest BCUT2D eigenvalue weighted by molar-refractivity contribution is 5.76. The predicted octanol–water partition coefficient (Wildman–Crippen LogP) is 1.71. The van der Waals surface area contributed by atoms with Crippen LogP contribution >= 0.6 is 0 Å². The highest BCUT2D eigenvalue weighted by atomic mass is 15.1. The molecule has 3 aromatic rings. The molecule has 2 heterocycles. The molecular formula is C12H11N5. The van der Waals surface area contributed by atoms with E-state index in [1.165, 1.54) is 0 Å². The molecule has 17 heavy (non-hydrogen) atoms. The number of nitrogens with two attached hydrogens (primary N) is 1. The molecule has 0 aliphatic heterocycles. The second-order valence-electron chi connectivity index (χ2n) is 3.79. The van der Waals surface area contributed by atoms with E-state index in [9.17, 15) is 0 Å². The number of hydrogen-bond donors (Lipinski definition) is 1. The van der Waals surface area contributed by atoms with Gasteiger partial charge >= 0.3 is 0 Å². The average molecular weight is 225 g/mol. The highest BCUT2D eigenvalue weighted by Crippen LogP contribution is 2.18. The summed E-state index contributed by atoms with van der Waals surface area (Å²) >= 11 is 0. The van der Waals surface area contributed by atoms with E-state index in [0.717, 1.165) is 22.5 Å². The maximum Gasteiger partial charge on any atom is 0.222 e. The molecule has 1 aromatic carbocycles. The molecule has 2 aromatic heterocycles. The van der Waals surface area contributed by atoms with Crippen LogP contribution in [0.25, 0.3) is 16.9 Å². The van der Waals surface area contributed by atoms with Gasteiger partial charge in [0.15, 0.2) is 5.65 Å². The molecule has 0 bridgehead atoms. The summed E-state index contributed by atoms with van der Waals surface area (Å²) in [6, 6.07) is 9.90. The summed E-state index contributed by atoms with van der Waals surface area (Å²) in [6.45, 7) is 1.88. The predicted molar refractivity (Wildman–Crippen MR) is 65.8 cm³/mol. The van der Waals surface area contributed by atoms with Gasteiger partial charge in [-0.2, -0.15) is 4.98 Å². The molecule has 0 radical (unpaired) electrons. The van der Waals surface area contributed by atoms with E-state index in [1.807, 2.05) is 41.8 Å². The summed E-state index contributed by atoms with van der Waals surface area (Å²) in [7, 11) is 0. The molecule has 0 aliphatic carbocycles. The number of hydrogen-bond acceptors (Lipinski definition) is 4. The topological polar surface area (TPSA) is 69.6 Å². The zero-order valence-electron chi connectivity index (χ0n) is 9.33. The Labute approximate surface area is 98.0 Å². The molecule has 5 nitrogen and oxygen atoms in total. The summed E-state index contributed by atoms with van der Waals surface area (Å²) in [5.74, 6) is 0.271. The van der Waals surface area contributed by atoms with E-state index < -0.39 is 0 Å². The fourth-order valence-corrected chi connectivity index (χ4v) is 1.84. The van der Waals surface area contributed by atoms with Crippen LogP contribution in [0.3, 0.4) is 0 Å². The molecule has 0 spiro atoms. The monoisotopic (exact) mass is 225 g/mol. The number of nitrogens with zero attached hydrogens (tertiary/aromatic N) is 4. The fourth-order valence-electron chi connectivity index (χ4n) is 1.84. The Morgan fingerprint density at radius 1 is 1.12 bits per heavy atom. The third-order valence-electron chi connectivity index (χ3n) is 2.62. The number of anilines is 1. The maximum atomic E-state index is 5.67. The SMILES string of the molecule is Cc1nc(N)nc2c1ncn2-c1ccccc1. The maximum absolute atomic E-state index is 5.67. The van der Waals surface area contributed by atoms with Crippen molar-refractivity contribution >= 4 is 17.1 Å². The summed E-state index contributed by atoms with van der Waals surface area (Å²) in [4.78, 5) is 12.7. The first-order chi connectivity index (χ1) is 8.25. The lowest BCUT2D eigenvalue weighted by Crippen LogP contribution is -2.00. The molecule has 0 saturated carbocycles. The molecule has 3 rings (SSSR count). The van der Waals surface area contributed by atoms with E-state index in [0.29, 0.717) is 0 Å². The molecule has 2 N–H and O–H groups in total. The average Bonchev–Trinajstić information content (AvgIpc) is 2.74. The molecular weight excluding hydrogens is 214 g/mol. The smallest absolute Gasteiger partial charge is 0.222 e. The van der Waals surface area contributed by atoms with E-state index >= 15 is 0 Å². The standard InChI is InChI=1S/C12H11N5/c1-8-10-11(16-12(13)15-8)17(7-14-10)9-5-3-2-4-6-9/h2-7H,1H3,(H2,13,15,16). The van der Waals surface area contributed by atoms with Gasteiger partial charge in [0, 0.05) is 5.69 Å². The zero-order chi connectivity index (χ0) is 11.8. The molecule has 0 atom stereocenters. The van der Waals surface area contributed by atoms with Gasteiger partial charge in [0.2, 0.25) is 5.95 Å². The lowest BCUT2D eigenvalue weighted by atomic mass is 10.3. The molecule has 0 saturated heterocycles. The van der Waals surface area contributed by atoms with E-state index in [2.05, 4.69) is 15.0 Å². The van der Waals surface area contributed by atoms with Gasteiger partial charge in [0.05, 0.1) is 5.69 Å². The number of aromatic nitrogens is 4. The van der Waals surface area contributed by atoms with Crippen LogP contribution in [0.5, 0.6) is 0 Å². The Kier molecular flexibility index (Phi) is 2.04. The van der Waals surface area contributed by atoms with Crippen molar-refractivity contribution in [2.75, 3.05) is 5.73 Å². The second kappa shape index (κ2) is 3.55. The van der Waals surface area contributed by atoms with Crippen LogP contribution in [0, 0.1) is 6.92 Å². The van der Waals surface area contributed by atoms with Crippen molar-refractivity contribution in [1.82, 2.24) is 19.5 Å². The number of fused-ring (bicyclic) bond motifs is 1. The normalized spacial score (nSPS) is 10.9. The third-order valence-corrected chi connectivity index (χ3v) is 2.62.